The zero-order valence-corrected chi connectivity index (χ0v) is 20.7. The van der Waals surface area contributed by atoms with Crippen molar-refractivity contribution in [2.45, 2.75) is 52.4 Å². The summed E-state index contributed by atoms with van der Waals surface area (Å²) in [4.78, 5) is 16.9. The van der Waals surface area contributed by atoms with Gasteiger partial charge in [-0.3, -0.25) is 9.69 Å². The van der Waals surface area contributed by atoms with E-state index in [1.807, 2.05) is 0 Å². The number of hydrogen-bond acceptors (Lipinski definition) is 4. The van der Waals surface area contributed by atoms with Gasteiger partial charge in [0.25, 0.3) is 0 Å². The molecule has 0 atom stereocenters. The van der Waals surface area contributed by atoms with Crippen LogP contribution in [-0.2, 0) is 9.53 Å². The molecule has 1 N–H and O–H groups in total. The maximum absolute atomic E-state index is 12.1. The van der Waals surface area contributed by atoms with E-state index >= 15 is 0 Å². The maximum atomic E-state index is 12.1. The fraction of sp³-hybridized carbons (Fsp3) is 0.720. The fourth-order valence-corrected chi connectivity index (χ4v) is 5.09. The van der Waals surface area contributed by atoms with Crippen LogP contribution in [0.2, 0.25) is 0 Å². The first-order valence-electron chi connectivity index (χ1n) is 11.7. The van der Waals surface area contributed by atoms with Crippen molar-refractivity contribution in [2.75, 3.05) is 57.9 Å². The summed E-state index contributed by atoms with van der Waals surface area (Å²) in [6.45, 7) is 12.6. The number of piperazine rings is 1. The zero-order valence-electron chi connectivity index (χ0n) is 19.9. The number of rotatable bonds is 7. The van der Waals surface area contributed by atoms with Crippen molar-refractivity contribution >= 4 is 24.0 Å². The van der Waals surface area contributed by atoms with Gasteiger partial charge >= 0.3 is 0 Å². The first kappa shape index (κ1) is 26.0. The summed E-state index contributed by atoms with van der Waals surface area (Å²) < 4.78 is 4.99. The predicted octanol–water partition coefficient (Wildman–Crippen LogP) is 4.31. The Morgan fingerprint density at radius 1 is 1.06 bits per heavy atom. The number of nitrogens with one attached hydrogen (secondary N) is 1. The molecule has 1 aliphatic heterocycles. The van der Waals surface area contributed by atoms with Gasteiger partial charge in [-0.1, -0.05) is 39.0 Å². The van der Waals surface area contributed by atoms with Crippen LogP contribution in [0.4, 0.5) is 5.69 Å². The van der Waals surface area contributed by atoms with Crippen LogP contribution in [0, 0.1) is 11.3 Å². The Balaban J connectivity index is 0.00000341. The smallest absolute Gasteiger partial charge is 0.234 e. The third kappa shape index (κ3) is 7.37. The SMILES string of the molecule is COCCNC(=O)CN1CCN(c2ccccc2C2CCC(C(C)(C)C)CC2)CC1.Cl. The number of nitrogens with zero attached hydrogens (tertiary/aromatic N) is 2. The average Bonchev–Trinajstić information content (AvgIpc) is 2.74. The van der Waals surface area contributed by atoms with Gasteiger partial charge in [0.1, 0.15) is 0 Å². The van der Waals surface area contributed by atoms with Crippen LogP contribution < -0.4 is 10.2 Å². The molecule has 31 heavy (non-hydrogen) atoms. The first-order chi connectivity index (χ1) is 14.4. The standard InChI is InChI=1S/C25H41N3O2.ClH/c1-25(2,3)21-11-9-20(10-12-21)22-7-5-6-8-23(22)28-16-14-27(15-17-28)19-24(29)26-13-18-30-4;/h5-8,20-21H,9-19H2,1-4H3,(H,26,29);1H. The molecular formula is C25H42ClN3O2. The average molecular weight is 452 g/mol. The molecular weight excluding hydrogens is 410 g/mol. The summed E-state index contributed by atoms with van der Waals surface area (Å²) in [7, 11) is 1.65. The minimum Gasteiger partial charge on any atom is -0.383 e. The number of ether oxygens (including phenoxy) is 1. The highest BCUT2D eigenvalue weighted by molar-refractivity contribution is 5.85. The Morgan fingerprint density at radius 2 is 1.71 bits per heavy atom. The highest BCUT2D eigenvalue weighted by atomic mass is 35.5. The topological polar surface area (TPSA) is 44.8 Å². The number of carbonyl (C=O) groups is 1. The van der Waals surface area contributed by atoms with Gasteiger partial charge in [0.05, 0.1) is 13.2 Å². The molecule has 0 spiro atoms. The number of anilines is 1. The van der Waals surface area contributed by atoms with Crippen LogP contribution >= 0.6 is 12.4 Å². The van der Waals surface area contributed by atoms with Gasteiger partial charge in [-0.2, -0.15) is 0 Å². The Morgan fingerprint density at radius 3 is 2.32 bits per heavy atom. The third-order valence-electron chi connectivity index (χ3n) is 7.04. The van der Waals surface area contributed by atoms with Gasteiger partial charge in [0.2, 0.25) is 5.91 Å². The second kappa shape index (κ2) is 12.1. The van der Waals surface area contributed by atoms with Crippen LogP contribution in [0.15, 0.2) is 24.3 Å². The molecule has 0 bridgehead atoms. The molecule has 1 amide bonds. The molecule has 1 heterocycles. The van der Waals surface area contributed by atoms with E-state index in [0.717, 1.165) is 32.1 Å². The van der Waals surface area contributed by atoms with Crippen LogP contribution in [0.1, 0.15) is 57.9 Å². The molecule has 3 rings (SSSR count). The molecule has 0 aromatic heterocycles. The van der Waals surface area contributed by atoms with Crippen molar-refractivity contribution in [1.82, 2.24) is 10.2 Å². The van der Waals surface area contributed by atoms with E-state index in [1.54, 1.807) is 7.11 Å². The molecule has 1 aromatic carbocycles. The lowest BCUT2D eigenvalue weighted by atomic mass is 9.68. The van der Waals surface area contributed by atoms with Gasteiger partial charge in [-0.15, -0.1) is 12.4 Å². The summed E-state index contributed by atoms with van der Waals surface area (Å²) >= 11 is 0. The second-order valence-electron chi connectivity index (χ2n) is 10.1. The second-order valence-corrected chi connectivity index (χ2v) is 10.1. The van der Waals surface area contributed by atoms with Crippen LogP contribution in [0.3, 0.4) is 0 Å². The number of methoxy groups -OCH3 is 1. The van der Waals surface area contributed by atoms with E-state index in [0.29, 0.717) is 31.0 Å². The largest absolute Gasteiger partial charge is 0.383 e. The molecule has 1 saturated heterocycles. The van der Waals surface area contributed by atoms with Gasteiger partial charge in [-0.25, -0.2) is 0 Å². The molecule has 1 saturated carbocycles. The highest BCUT2D eigenvalue weighted by Gasteiger charge is 2.31. The summed E-state index contributed by atoms with van der Waals surface area (Å²) in [5.74, 6) is 1.63. The van der Waals surface area contributed by atoms with Gasteiger partial charge in [0.15, 0.2) is 0 Å². The van der Waals surface area contributed by atoms with E-state index in [2.05, 4.69) is 60.2 Å². The van der Waals surface area contributed by atoms with Crippen molar-refractivity contribution in [3.63, 3.8) is 0 Å². The molecule has 1 aromatic rings. The van der Waals surface area contributed by atoms with E-state index in [4.69, 9.17) is 4.74 Å². The Bertz CT molecular complexity index is 676. The predicted molar refractivity (Wildman–Crippen MR) is 131 cm³/mol. The molecule has 6 heteroatoms. The Labute approximate surface area is 195 Å². The molecule has 176 valence electrons. The van der Waals surface area contributed by atoms with Crippen LogP contribution in [0.5, 0.6) is 0 Å². The lowest BCUT2D eigenvalue weighted by Gasteiger charge is -2.40. The first-order valence-corrected chi connectivity index (χ1v) is 11.7. The van der Waals surface area contributed by atoms with Gasteiger partial charge in [-0.05, 0) is 54.6 Å². The quantitative estimate of drug-likeness (QED) is 0.627. The van der Waals surface area contributed by atoms with Crippen LogP contribution in [0.25, 0.3) is 0 Å². The van der Waals surface area contributed by atoms with E-state index in [1.165, 1.54) is 36.9 Å². The minimum atomic E-state index is 0. The highest BCUT2D eigenvalue weighted by Crippen LogP contribution is 2.45. The lowest BCUT2D eigenvalue weighted by Crippen LogP contribution is -2.50. The molecule has 1 aliphatic carbocycles. The van der Waals surface area contributed by atoms with Gasteiger partial charge in [0, 0.05) is 45.5 Å². The summed E-state index contributed by atoms with van der Waals surface area (Å²) in [6, 6.07) is 9.04. The molecule has 0 unspecified atom stereocenters. The molecule has 5 nitrogen and oxygen atoms in total. The van der Waals surface area contributed by atoms with Crippen LogP contribution in [-0.4, -0.2) is 63.8 Å². The van der Waals surface area contributed by atoms with Gasteiger partial charge < -0.3 is 15.0 Å². The number of hydrogen-bond donors (Lipinski definition) is 1. The molecule has 2 fully saturated rings. The third-order valence-corrected chi connectivity index (χ3v) is 7.04. The van der Waals surface area contributed by atoms with E-state index in [-0.39, 0.29) is 18.3 Å². The summed E-state index contributed by atoms with van der Waals surface area (Å²) in [5, 5.41) is 2.92. The van der Waals surface area contributed by atoms with Crippen molar-refractivity contribution in [1.29, 1.82) is 0 Å². The maximum Gasteiger partial charge on any atom is 0.234 e. The lowest BCUT2D eigenvalue weighted by molar-refractivity contribution is -0.122. The zero-order chi connectivity index (χ0) is 21.6. The van der Waals surface area contributed by atoms with E-state index < -0.39 is 0 Å². The number of halogens is 1. The number of carbonyl (C=O) groups excluding carboxylic acids is 1. The van der Waals surface area contributed by atoms with Crippen molar-refractivity contribution in [3.05, 3.63) is 29.8 Å². The summed E-state index contributed by atoms with van der Waals surface area (Å²) in [5.41, 5.74) is 3.38. The minimum absolute atomic E-state index is 0. The fourth-order valence-electron chi connectivity index (χ4n) is 5.09. The Hall–Kier alpha value is -1.30. The van der Waals surface area contributed by atoms with Crippen molar-refractivity contribution in [3.8, 4) is 0 Å². The number of amides is 1. The molecule has 2 aliphatic rings. The van der Waals surface area contributed by atoms with Crippen molar-refractivity contribution < 1.29 is 9.53 Å². The number of para-hydroxylation sites is 1. The summed E-state index contributed by atoms with van der Waals surface area (Å²) in [6.07, 6.45) is 5.30. The van der Waals surface area contributed by atoms with E-state index in [9.17, 15) is 4.79 Å². The van der Waals surface area contributed by atoms with Crippen molar-refractivity contribution in [2.24, 2.45) is 11.3 Å². The normalized spacial score (nSPS) is 22.6. The monoisotopic (exact) mass is 451 g/mol. The Kier molecular flexibility index (Phi) is 10.1. The number of benzene rings is 1. The molecule has 0 radical (unpaired) electrons.